The van der Waals surface area contributed by atoms with Crippen molar-refractivity contribution in [2.24, 2.45) is 5.92 Å². The van der Waals surface area contributed by atoms with Crippen molar-refractivity contribution in [3.8, 4) is 5.75 Å². The molecule has 0 N–H and O–H groups in total. The fraction of sp³-hybridized carbons (Fsp3) is 0.412. The molecule has 0 amide bonds. The Bertz CT molecular complexity index is 548. The Morgan fingerprint density at radius 2 is 1.68 bits per heavy atom. The third-order valence-corrected chi connectivity index (χ3v) is 3.93. The SMILES string of the molecule is COc1ccc(C(Cl)CCC(C)C)c2ccccc12. The maximum Gasteiger partial charge on any atom is 0.126 e. The minimum atomic E-state index is 0.0678. The standard InChI is InChI=1S/C17H21ClO/c1-12(2)8-10-16(18)14-9-11-17(19-3)15-7-5-4-6-13(14)15/h4-7,9,11-12,16H,8,10H2,1-3H3. The number of hydrogen-bond acceptors (Lipinski definition) is 1. The molecule has 0 aromatic heterocycles. The maximum atomic E-state index is 6.58. The Kier molecular flexibility index (Phi) is 4.71. The zero-order valence-electron chi connectivity index (χ0n) is 11.8. The lowest BCUT2D eigenvalue weighted by molar-refractivity contribution is 0.419. The quantitative estimate of drug-likeness (QED) is 0.649. The van der Waals surface area contributed by atoms with Gasteiger partial charge in [-0.25, -0.2) is 0 Å². The summed E-state index contributed by atoms with van der Waals surface area (Å²) in [5.74, 6) is 1.60. The van der Waals surface area contributed by atoms with Gasteiger partial charge < -0.3 is 4.74 Å². The summed E-state index contributed by atoms with van der Waals surface area (Å²) >= 11 is 6.58. The molecule has 1 nitrogen and oxygen atoms in total. The molecule has 1 unspecified atom stereocenters. The van der Waals surface area contributed by atoms with E-state index in [0.29, 0.717) is 5.92 Å². The molecule has 1 atom stereocenters. The summed E-state index contributed by atoms with van der Waals surface area (Å²) in [6.45, 7) is 4.46. The molecule has 2 aromatic rings. The fourth-order valence-corrected chi connectivity index (χ4v) is 2.70. The third kappa shape index (κ3) is 3.22. The van der Waals surface area contributed by atoms with Gasteiger partial charge in [-0.05, 0) is 35.8 Å². The van der Waals surface area contributed by atoms with Crippen molar-refractivity contribution in [1.82, 2.24) is 0 Å². The molecular weight excluding hydrogens is 256 g/mol. The number of halogens is 1. The monoisotopic (exact) mass is 276 g/mol. The minimum absolute atomic E-state index is 0.0678. The summed E-state index contributed by atoms with van der Waals surface area (Å²) in [5, 5.41) is 2.40. The molecule has 0 radical (unpaired) electrons. The lowest BCUT2D eigenvalue weighted by atomic mass is 9.97. The van der Waals surface area contributed by atoms with E-state index in [0.717, 1.165) is 24.0 Å². The van der Waals surface area contributed by atoms with Crippen LogP contribution in [0.15, 0.2) is 36.4 Å². The Morgan fingerprint density at radius 1 is 1.00 bits per heavy atom. The molecule has 2 rings (SSSR count). The highest BCUT2D eigenvalue weighted by Gasteiger charge is 2.14. The number of hydrogen-bond donors (Lipinski definition) is 0. The zero-order chi connectivity index (χ0) is 13.8. The van der Waals surface area contributed by atoms with Gasteiger partial charge in [-0.3, -0.25) is 0 Å². The van der Waals surface area contributed by atoms with E-state index < -0.39 is 0 Å². The minimum Gasteiger partial charge on any atom is -0.496 e. The first-order valence-corrected chi connectivity index (χ1v) is 7.26. The molecule has 0 aliphatic heterocycles. The highest BCUT2D eigenvalue weighted by molar-refractivity contribution is 6.22. The van der Waals surface area contributed by atoms with Crippen LogP contribution in [0.2, 0.25) is 0 Å². The van der Waals surface area contributed by atoms with E-state index in [2.05, 4.69) is 38.1 Å². The van der Waals surface area contributed by atoms with Gasteiger partial charge in [0.25, 0.3) is 0 Å². The van der Waals surface area contributed by atoms with Crippen LogP contribution >= 0.6 is 11.6 Å². The lowest BCUT2D eigenvalue weighted by Crippen LogP contribution is -1.97. The van der Waals surface area contributed by atoms with Crippen molar-refractivity contribution in [2.75, 3.05) is 7.11 Å². The number of fused-ring (bicyclic) bond motifs is 1. The summed E-state index contributed by atoms with van der Waals surface area (Å²) in [6.07, 6.45) is 2.16. The summed E-state index contributed by atoms with van der Waals surface area (Å²) in [5.41, 5.74) is 1.21. The molecule has 2 heteroatoms. The van der Waals surface area contributed by atoms with Crippen LogP contribution in [0.1, 0.15) is 37.6 Å². The van der Waals surface area contributed by atoms with Gasteiger partial charge in [-0.2, -0.15) is 0 Å². The van der Waals surface area contributed by atoms with Gasteiger partial charge in [-0.15, -0.1) is 11.6 Å². The number of benzene rings is 2. The predicted molar refractivity (Wildman–Crippen MR) is 83.2 cm³/mol. The molecule has 2 aromatic carbocycles. The highest BCUT2D eigenvalue weighted by atomic mass is 35.5. The zero-order valence-corrected chi connectivity index (χ0v) is 12.6. The van der Waals surface area contributed by atoms with Crippen molar-refractivity contribution < 1.29 is 4.74 Å². The second kappa shape index (κ2) is 6.29. The molecule has 0 aliphatic carbocycles. The molecule has 0 heterocycles. The van der Waals surface area contributed by atoms with E-state index in [9.17, 15) is 0 Å². The van der Waals surface area contributed by atoms with Crippen LogP contribution in [0, 0.1) is 5.92 Å². The molecule has 0 saturated heterocycles. The van der Waals surface area contributed by atoms with Crippen LogP contribution in [0.25, 0.3) is 10.8 Å². The summed E-state index contributed by atoms with van der Waals surface area (Å²) in [7, 11) is 1.71. The first kappa shape index (κ1) is 14.2. The van der Waals surface area contributed by atoms with Crippen molar-refractivity contribution in [3.05, 3.63) is 42.0 Å². The average molecular weight is 277 g/mol. The molecule has 0 spiro atoms. The fourth-order valence-electron chi connectivity index (χ4n) is 2.38. The van der Waals surface area contributed by atoms with E-state index in [1.54, 1.807) is 7.11 Å². The Morgan fingerprint density at radius 3 is 2.32 bits per heavy atom. The van der Waals surface area contributed by atoms with Gasteiger partial charge >= 0.3 is 0 Å². The number of methoxy groups -OCH3 is 1. The predicted octanol–water partition coefficient (Wildman–Crippen LogP) is 5.56. The van der Waals surface area contributed by atoms with Crippen LogP contribution in [0.3, 0.4) is 0 Å². The smallest absolute Gasteiger partial charge is 0.126 e. The number of ether oxygens (including phenoxy) is 1. The van der Waals surface area contributed by atoms with Gasteiger partial charge in [0.15, 0.2) is 0 Å². The lowest BCUT2D eigenvalue weighted by Gasteiger charge is -2.15. The van der Waals surface area contributed by atoms with E-state index in [1.807, 2.05) is 12.1 Å². The van der Waals surface area contributed by atoms with Crippen molar-refractivity contribution in [3.63, 3.8) is 0 Å². The van der Waals surface area contributed by atoms with Crippen LogP contribution in [0.5, 0.6) is 5.75 Å². The number of alkyl halides is 1. The molecule has 102 valence electrons. The van der Waals surface area contributed by atoms with Gasteiger partial charge in [0.2, 0.25) is 0 Å². The van der Waals surface area contributed by atoms with Crippen molar-refractivity contribution in [1.29, 1.82) is 0 Å². The van der Waals surface area contributed by atoms with Crippen molar-refractivity contribution >= 4 is 22.4 Å². The molecule has 19 heavy (non-hydrogen) atoms. The number of rotatable bonds is 5. The van der Waals surface area contributed by atoms with Crippen LogP contribution in [0.4, 0.5) is 0 Å². The summed E-state index contributed by atoms with van der Waals surface area (Å²) in [6, 6.07) is 12.4. The largest absolute Gasteiger partial charge is 0.496 e. The summed E-state index contributed by atoms with van der Waals surface area (Å²) in [4.78, 5) is 0. The van der Waals surface area contributed by atoms with Gasteiger partial charge in [-0.1, -0.05) is 44.2 Å². The second-order valence-electron chi connectivity index (χ2n) is 5.34. The average Bonchev–Trinajstić information content (AvgIpc) is 2.43. The van der Waals surface area contributed by atoms with E-state index in [1.165, 1.54) is 10.9 Å². The first-order chi connectivity index (χ1) is 9.13. The molecule has 0 saturated carbocycles. The molecule has 0 aliphatic rings. The third-order valence-electron chi connectivity index (χ3n) is 3.47. The van der Waals surface area contributed by atoms with Crippen LogP contribution in [-0.4, -0.2) is 7.11 Å². The van der Waals surface area contributed by atoms with E-state index >= 15 is 0 Å². The van der Waals surface area contributed by atoms with Crippen molar-refractivity contribution in [2.45, 2.75) is 32.1 Å². The Balaban J connectivity index is 2.38. The van der Waals surface area contributed by atoms with Gasteiger partial charge in [0.05, 0.1) is 12.5 Å². The Hall–Kier alpha value is -1.21. The first-order valence-electron chi connectivity index (χ1n) is 6.83. The second-order valence-corrected chi connectivity index (χ2v) is 5.87. The maximum absolute atomic E-state index is 6.58. The normalized spacial score (nSPS) is 12.9. The van der Waals surface area contributed by atoms with Gasteiger partial charge in [0.1, 0.15) is 5.75 Å². The summed E-state index contributed by atoms with van der Waals surface area (Å²) < 4.78 is 5.42. The van der Waals surface area contributed by atoms with Crippen LogP contribution in [-0.2, 0) is 0 Å². The molecule has 0 bridgehead atoms. The molecule has 0 fully saturated rings. The van der Waals surface area contributed by atoms with Crippen LogP contribution < -0.4 is 4.74 Å². The van der Waals surface area contributed by atoms with E-state index in [4.69, 9.17) is 16.3 Å². The topological polar surface area (TPSA) is 9.23 Å². The van der Waals surface area contributed by atoms with Gasteiger partial charge in [0, 0.05) is 5.39 Å². The highest BCUT2D eigenvalue weighted by Crippen LogP contribution is 2.36. The van der Waals surface area contributed by atoms with E-state index in [-0.39, 0.29) is 5.38 Å². The Labute approximate surface area is 120 Å². The molecular formula is C17H21ClO.